The smallest absolute Gasteiger partial charge is 0.125 e. The van der Waals surface area contributed by atoms with Gasteiger partial charge >= 0.3 is 0 Å². The Morgan fingerprint density at radius 1 is 1.25 bits per heavy atom. The molecular weight excluding hydrogens is 201 g/mol. The van der Waals surface area contributed by atoms with Crippen molar-refractivity contribution in [2.75, 3.05) is 0 Å². The van der Waals surface area contributed by atoms with E-state index in [9.17, 15) is 4.39 Å². The summed E-state index contributed by atoms with van der Waals surface area (Å²) in [4.78, 5) is 3.09. The summed E-state index contributed by atoms with van der Waals surface area (Å²) in [6, 6.07) is 4.90. The normalized spacial score (nSPS) is 10.4. The lowest BCUT2D eigenvalue weighted by molar-refractivity contribution is 0.629. The third kappa shape index (κ3) is 2.84. The van der Waals surface area contributed by atoms with Crippen molar-refractivity contribution in [3.63, 3.8) is 0 Å². The quantitative estimate of drug-likeness (QED) is 0.766. The van der Waals surface area contributed by atoms with Gasteiger partial charge < -0.3 is 4.98 Å². The Hall–Kier alpha value is -1.31. The molecule has 0 spiro atoms. The van der Waals surface area contributed by atoms with E-state index in [1.165, 1.54) is 11.6 Å². The molecule has 2 heteroatoms. The number of nitrogens with one attached hydrogen (secondary N) is 1. The van der Waals surface area contributed by atoms with Gasteiger partial charge in [-0.25, -0.2) is 4.39 Å². The third-order valence-corrected chi connectivity index (χ3v) is 2.36. The van der Waals surface area contributed by atoms with Crippen LogP contribution in [0.5, 0.6) is 0 Å². The second-order valence-corrected chi connectivity index (χ2v) is 4.10. The van der Waals surface area contributed by atoms with Gasteiger partial charge in [0, 0.05) is 17.1 Å². The Kier molecular flexibility index (Phi) is 4.53. The van der Waals surface area contributed by atoms with Gasteiger partial charge in [0.25, 0.3) is 0 Å². The molecule has 1 nitrogen and oxygen atoms in total. The maximum Gasteiger partial charge on any atom is 0.125 e. The third-order valence-electron chi connectivity index (χ3n) is 2.36. The summed E-state index contributed by atoms with van der Waals surface area (Å²) in [5, 5.41) is 1.14. The summed E-state index contributed by atoms with van der Waals surface area (Å²) in [6.07, 6.45) is 3.01. The molecule has 88 valence electrons. The fourth-order valence-corrected chi connectivity index (χ4v) is 1.77. The number of benzene rings is 1. The summed E-state index contributed by atoms with van der Waals surface area (Å²) < 4.78 is 12.9. The highest BCUT2D eigenvalue weighted by molar-refractivity contribution is 5.83. The molecule has 1 aromatic carbocycles. The van der Waals surface area contributed by atoms with Crippen molar-refractivity contribution in [1.29, 1.82) is 0 Å². The molecule has 2 rings (SSSR count). The molecule has 1 heterocycles. The predicted molar refractivity (Wildman–Crippen MR) is 68.1 cm³/mol. The number of halogens is 1. The minimum atomic E-state index is -0.185. The molecule has 2 aromatic rings. The molecule has 16 heavy (non-hydrogen) atoms. The first-order valence-electron chi connectivity index (χ1n) is 5.92. The predicted octanol–water partition coefficient (Wildman–Crippen LogP) is 4.53. The summed E-state index contributed by atoms with van der Waals surface area (Å²) in [5.74, 6) is 0.439. The van der Waals surface area contributed by atoms with Gasteiger partial charge in [0.05, 0.1) is 0 Å². The molecule has 0 unspecified atom stereocenters. The Labute approximate surface area is 96.7 Å². The van der Waals surface area contributed by atoms with Crippen LogP contribution >= 0.6 is 0 Å². The van der Waals surface area contributed by atoms with Gasteiger partial charge in [-0.15, -0.1) is 0 Å². The van der Waals surface area contributed by atoms with Gasteiger partial charge in [0.2, 0.25) is 0 Å². The van der Waals surface area contributed by atoms with E-state index in [1.807, 2.05) is 26.1 Å². The zero-order chi connectivity index (χ0) is 12.1. The van der Waals surface area contributed by atoms with E-state index >= 15 is 0 Å². The van der Waals surface area contributed by atoms with Crippen LogP contribution in [0.25, 0.3) is 10.9 Å². The Bertz CT molecular complexity index is 443. The summed E-state index contributed by atoms with van der Waals surface area (Å²) in [6.45, 7) is 8.37. The van der Waals surface area contributed by atoms with E-state index in [0.29, 0.717) is 5.92 Å². The summed E-state index contributed by atoms with van der Waals surface area (Å²) >= 11 is 0. The van der Waals surface area contributed by atoms with E-state index in [1.54, 1.807) is 6.07 Å². The number of aromatic nitrogens is 1. The van der Waals surface area contributed by atoms with E-state index in [4.69, 9.17) is 0 Å². The van der Waals surface area contributed by atoms with Gasteiger partial charge in [0.1, 0.15) is 5.82 Å². The van der Waals surface area contributed by atoms with Gasteiger partial charge in [-0.2, -0.15) is 0 Å². The number of fused-ring (bicyclic) bond motifs is 1. The second-order valence-electron chi connectivity index (χ2n) is 4.10. The van der Waals surface area contributed by atoms with Crippen molar-refractivity contribution in [1.82, 2.24) is 4.98 Å². The van der Waals surface area contributed by atoms with Crippen LogP contribution in [0.4, 0.5) is 4.39 Å². The summed E-state index contributed by atoms with van der Waals surface area (Å²) in [5.41, 5.74) is 2.16. The maximum atomic E-state index is 12.9. The standard InChI is InChI=1S/C12H14FN.C2H6/c1-8(2)5-9-7-14-12-6-10(13)3-4-11(9)12;1-2/h3-4,6-8,14H,5H2,1-2H3;1-2H3. The van der Waals surface area contributed by atoms with E-state index in [2.05, 4.69) is 18.8 Å². The Morgan fingerprint density at radius 2 is 1.94 bits per heavy atom. The van der Waals surface area contributed by atoms with Crippen molar-refractivity contribution in [3.8, 4) is 0 Å². The monoisotopic (exact) mass is 221 g/mol. The molecule has 0 fully saturated rings. The van der Waals surface area contributed by atoms with E-state index in [0.717, 1.165) is 17.3 Å². The molecule has 0 aliphatic rings. The first kappa shape index (κ1) is 12.8. The average Bonchev–Trinajstić information content (AvgIpc) is 2.63. The molecule has 0 saturated carbocycles. The Balaban J connectivity index is 0.000000606. The van der Waals surface area contributed by atoms with Crippen LogP contribution < -0.4 is 0 Å². The van der Waals surface area contributed by atoms with Crippen LogP contribution in [0.15, 0.2) is 24.4 Å². The Morgan fingerprint density at radius 3 is 2.56 bits per heavy atom. The van der Waals surface area contributed by atoms with Crippen molar-refractivity contribution in [2.24, 2.45) is 5.92 Å². The SMILES string of the molecule is CC.CC(C)Cc1c[nH]c2cc(F)ccc12. The highest BCUT2D eigenvalue weighted by atomic mass is 19.1. The lowest BCUT2D eigenvalue weighted by Gasteiger charge is -2.02. The number of hydrogen-bond donors (Lipinski definition) is 1. The first-order valence-corrected chi connectivity index (χ1v) is 5.92. The molecule has 1 aromatic heterocycles. The van der Waals surface area contributed by atoms with E-state index in [-0.39, 0.29) is 5.82 Å². The molecule has 0 aliphatic carbocycles. The molecule has 0 saturated heterocycles. The minimum Gasteiger partial charge on any atom is -0.361 e. The van der Waals surface area contributed by atoms with Gasteiger partial charge in [0.15, 0.2) is 0 Å². The van der Waals surface area contributed by atoms with Crippen molar-refractivity contribution in [2.45, 2.75) is 34.1 Å². The lowest BCUT2D eigenvalue weighted by Crippen LogP contribution is -1.92. The number of rotatable bonds is 2. The fraction of sp³-hybridized carbons (Fsp3) is 0.429. The van der Waals surface area contributed by atoms with Crippen LogP contribution in [-0.2, 0) is 6.42 Å². The van der Waals surface area contributed by atoms with Crippen LogP contribution in [0.3, 0.4) is 0 Å². The molecule has 0 bridgehead atoms. The molecule has 0 atom stereocenters. The molecule has 1 N–H and O–H groups in total. The maximum absolute atomic E-state index is 12.9. The molecular formula is C14H20FN. The zero-order valence-electron chi connectivity index (χ0n) is 10.5. The first-order chi connectivity index (χ1) is 7.66. The van der Waals surface area contributed by atoms with Gasteiger partial charge in [-0.05, 0) is 36.1 Å². The zero-order valence-corrected chi connectivity index (χ0v) is 10.5. The summed E-state index contributed by atoms with van der Waals surface area (Å²) in [7, 11) is 0. The average molecular weight is 221 g/mol. The number of aromatic amines is 1. The van der Waals surface area contributed by atoms with E-state index < -0.39 is 0 Å². The van der Waals surface area contributed by atoms with Gasteiger partial charge in [-0.1, -0.05) is 27.7 Å². The molecule has 0 amide bonds. The highest BCUT2D eigenvalue weighted by Gasteiger charge is 2.05. The highest BCUT2D eigenvalue weighted by Crippen LogP contribution is 2.21. The molecule has 0 radical (unpaired) electrons. The van der Waals surface area contributed by atoms with Crippen molar-refractivity contribution in [3.05, 3.63) is 35.8 Å². The van der Waals surface area contributed by atoms with Crippen molar-refractivity contribution >= 4 is 10.9 Å². The van der Waals surface area contributed by atoms with Crippen LogP contribution in [0, 0.1) is 11.7 Å². The van der Waals surface area contributed by atoms with Crippen LogP contribution in [-0.4, -0.2) is 4.98 Å². The number of H-pyrrole nitrogens is 1. The lowest BCUT2D eigenvalue weighted by atomic mass is 10.0. The largest absolute Gasteiger partial charge is 0.361 e. The van der Waals surface area contributed by atoms with Crippen molar-refractivity contribution < 1.29 is 4.39 Å². The fourth-order valence-electron chi connectivity index (χ4n) is 1.77. The van der Waals surface area contributed by atoms with Crippen LogP contribution in [0.1, 0.15) is 33.3 Å². The molecule has 0 aliphatic heterocycles. The van der Waals surface area contributed by atoms with Crippen LogP contribution in [0.2, 0.25) is 0 Å². The van der Waals surface area contributed by atoms with Gasteiger partial charge in [-0.3, -0.25) is 0 Å². The second kappa shape index (κ2) is 5.69. The topological polar surface area (TPSA) is 15.8 Å². The number of hydrogen-bond acceptors (Lipinski definition) is 0. The minimum absolute atomic E-state index is 0.185.